The van der Waals surface area contributed by atoms with Gasteiger partial charge in [0.15, 0.2) is 0 Å². The molecule has 256 valence electrons. The van der Waals surface area contributed by atoms with E-state index >= 15 is 0 Å². The lowest BCUT2D eigenvalue weighted by Crippen LogP contribution is -2.19. The van der Waals surface area contributed by atoms with Crippen LogP contribution in [0.5, 0.6) is 5.75 Å². The minimum absolute atomic E-state index is 0.252. The molecule has 0 heterocycles. The van der Waals surface area contributed by atoms with Gasteiger partial charge in [0.05, 0.1) is 0 Å². The lowest BCUT2D eigenvalue weighted by atomic mass is 9.78. The van der Waals surface area contributed by atoms with Gasteiger partial charge in [-0.2, -0.15) is 0 Å². The Morgan fingerprint density at radius 3 is 1.18 bits per heavy atom. The van der Waals surface area contributed by atoms with Crippen LogP contribution >= 0.6 is 0 Å². The Bertz CT molecular complexity index is 2100. The molecular formula is C47H46N2O2. The Balaban J connectivity index is 1.32. The van der Waals surface area contributed by atoms with Crippen molar-refractivity contribution in [1.82, 2.24) is 0 Å². The number of hydrogen-bond acceptors (Lipinski definition) is 4. The van der Waals surface area contributed by atoms with Crippen LogP contribution in [0.15, 0.2) is 152 Å². The molecule has 0 aliphatic heterocycles. The van der Waals surface area contributed by atoms with Gasteiger partial charge in [-0.15, -0.1) is 0 Å². The number of rotatable bonds is 10. The summed E-state index contributed by atoms with van der Waals surface area (Å²) in [6, 6.07) is 49.5. The zero-order chi connectivity index (χ0) is 36.3. The number of benzene rings is 6. The summed E-state index contributed by atoms with van der Waals surface area (Å²) < 4.78 is 5.72. The Kier molecular flexibility index (Phi) is 9.97. The first-order valence-corrected chi connectivity index (χ1v) is 17.4. The highest BCUT2D eigenvalue weighted by atomic mass is 16.5. The number of aryl methyl sites for hydroxylation is 4. The molecule has 0 saturated heterocycles. The molecule has 4 heteroatoms. The zero-order valence-electron chi connectivity index (χ0n) is 30.7. The van der Waals surface area contributed by atoms with Crippen molar-refractivity contribution in [3.05, 3.63) is 185 Å². The molecule has 0 bridgehead atoms. The van der Waals surface area contributed by atoms with Crippen LogP contribution in [0.4, 0.5) is 34.1 Å². The maximum Gasteiger partial charge on any atom is 0.338 e. The van der Waals surface area contributed by atoms with Gasteiger partial charge in [-0.3, -0.25) is 0 Å². The number of nitrogens with zero attached hydrogens (tertiary/aromatic N) is 2. The third kappa shape index (κ3) is 7.66. The molecule has 4 nitrogen and oxygen atoms in total. The Labute approximate surface area is 303 Å². The zero-order valence-corrected chi connectivity index (χ0v) is 30.7. The average molecular weight is 671 g/mol. The van der Waals surface area contributed by atoms with Gasteiger partial charge in [0.1, 0.15) is 5.75 Å². The van der Waals surface area contributed by atoms with Crippen molar-refractivity contribution in [2.45, 2.75) is 53.9 Å². The number of hydrogen-bond donors (Lipinski definition) is 0. The minimum atomic E-state index is -0.435. The molecule has 6 aromatic rings. The first-order valence-electron chi connectivity index (χ1n) is 17.4. The fourth-order valence-corrected chi connectivity index (χ4v) is 6.22. The summed E-state index contributed by atoms with van der Waals surface area (Å²) in [6.07, 6.45) is 0. The summed E-state index contributed by atoms with van der Waals surface area (Å²) >= 11 is 0. The van der Waals surface area contributed by atoms with Gasteiger partial charge >= 0.3 is 5.97 Å². The van der Waals surface area contributed by atoms with E-state index in [4.69, 9.17) is 4.74 Å². The lowest BCUT2D eigenvalue weighted by molar-refractivity contribution is -0.130. The second-order valence-electron chi connectivity index (χ2n) is 14.0. The van der Waals surface area contributed by atoms with Crippen molar-refractivity contribution >= 4 is 40.1 Å². The van der Waals surface area contributed by atoms with E-state index in [-0.39, 0.29) is 5.41 Å². The Hall–Kier alpha value is -5.87. The number of anilines is 6. The number of carbonyl (C=O) groups excluding carboxylic acids is 1. The van der Waals surface area contributed by atoms with Gasteiger partial charge in [-0.05, 0) is 118 Å². The van der Waals surface area contributed by atoms with E-state index in [1.165, 1.54) is 27.8 Å². The molecule has 0 unspecified atom stereocenters. The van der Waals surface area contributed by atoms with E-state index < -0.39 is 5.97 Å². The van der Waals surface area contributed by atoms with Crippen LogP contribution in [-0.4, -0.2) is 5.97 Å². The standard InChI is InChI=1S/C47H46N2O2/c1-32(2)46(50)51-45-31-44(26-15-36(45)6)49(41-24-13-35(5)14-25-41)43-29-18-38(19-30-43)47(7,8)37-16-27-42(28-17-37)48(39-20-9-33(3)10-21-39)40-22-11-34(4)12-23-40/h9-31H,1H2,2-8H3. The van der Waals surface area contributed by atoms with Crippen molar-refractivity contribution in [2.24, 2.45) is 0 Å². The van der Waals surface area contributed by atoms with Crippen LogP contribution in [0.2, 0.25) is 0 Å². The molecule has 0 atom stereocenters. The predicted molar refractivity (Wildman–Crippen MR) is 214 cm³/mol. The van der Waals surface area contributed by atoms with Crippen molar-refractivity contribution in [1.29, 1.82) is 0 Å². The monoisotopic (exact) mass is 670 g/mol. The number of esters is 1. The molecular weight excluding hydrogens is 625 g/mol. The van der Waals surface area contributed by atoms with Crippen LogP contribution in [0.1, 0.15) is 54.2 Å². The Morgan fingerprint density at radius 1 is 0.510 bits per heavy atom. The fourth-order valence-electron chi connectivity index (χ4n) is 6.22. The van der Waals surface area contributed by atoms with E-state index in [0.717, 1.165) is 39.7 Å². The first kappa shape index (κ1) is 35.0. The topological polar surface area (TPSA) is 32.8 Å². The second-order valence-corrected chi connectivity index (χ2v) is 14.0. The normalized spacial score (nSPS) is 11.2. The maximum absolute atomic E-state index is 12.4. The molecule has 0 fully saturated rings. The molecule has 0 saturated carbocycles. The molecule has 0 aliphatic carbocycles. The predicted octanol–water partition coefficient (Wildman–Crippen LogP) is 12.7. The SMILES string of the molecule is C=C(C)C(=O)Oc1cc(N(c2ccc(C)cc2)c2ccc(C(C)(C)c3ccc(N(c4ccc(C)cc4)c4ccc(C)cc4)cc3)cc2)ccc1C. The Morgan fingerprint density at radius 2 is 0.824 bits per heavy atom. The molecule has 0 spiro atoms. The quantitative estimate of drug-likeness (QED) is 0.0825. The summed E-state index contributed by atoms with van der Waals surface area (Å²) in [5, 5.41) is 0. The van der Waals surface area contributed by atoms with Crippen LogP contribution < -0.4 is 14.5 Å². The van der Waals surface area contributed by atoms with E-state index in [1.54, 1.807) is 6.92 Å². The average Bonchev–Trinajstić information content (AvgIpc) is 3.12. The largest absolute Gasteiger partial charge is 0.423 e. The van der Waals surface area contributed by atoms with Crippen molar-refractivity contribution in [3.8, 4) is 5.75 Å². The summed E-state index contributed by atoms with van der Waals surface area (Å²) in [5.41, 5.74) is 13.3. The second kappa shape index (κ2) is 14.5. The molecule has 51 heavy (non-hydrogen) atoms. The molecule has 0 aromatic heterocycles. The highest BCUT2D eigenvalue weighted by Gasteiger charge is 2.25. The van der Waals surface area contributed by atoms with Gasteiger partial charge in [-0.25, -0.2) is 4.79 Å². The third-order valence-corrected chi connectivity index (χ3v) is 9.55. The van der Waals surface area contributed by atoms with Crippen LogP contribution in [0.25, 0.3) is 0 Å². The first-order chi connectivity index (χ1) is 24.4. The minimum Gasteiger partial charge on any atom is -0.423 e. The molecule has 6 rings (SSSR count). The van der Waals surface area contributed by atoms with E-state index in [9.17, 15) is 4.79 Å². The molecule has 6 aromatic carbocycles. The van der Waals surface area contributed by atoms with Gasteiger partial charge in [-0.1, -0.05) is 104 Å². The van der Waals surface area contributed by atoms with Gasteiger partial charge < -0.3 is 14.5 Å². The number of carbonyl (C=O) groups is 1. The van der Waals surface area contributed by atoms with E-state index in [2.05, 4.69) is 178 Å². The molecule has 0 N–H and O–H groups in total. The van der Waals surface area contributed by atoms with E-state index in [1.807, 2.05) is 19.1 Å². The van der Waals surface area contributed by atoms with Crippen molar-refractivity contribution in [3.63, 3.8) is 0 Å². The smallest absolute Gasteiger partial charge is 0.338 e. The maximum atomic E-state index is 12.4. The molecule has 0 aliphatic rings. The molecule has 0 radical (unpaired) electrons. The van der Waals surface area contributed by atoms with Crippen LogP contribution in [0.3, 0.4) is 0 Å². The van der Waals surface area contributed by atoms with E-state index in [0.29, 0.717) is 11.3 Å². The van der Waals surface area contributed by atoms with Gasteiger partial charge in [0, 0.05) is 51.2 Å². The van der Waals surface area contributed by atoms with Crippen molar-refractivity contribution < 1.29 is 9.53 Å². The summed E-state index contributed by atoms with van der Waals surface area (Å²) in [7, 11) is 0. The summed E-state index contributed by atoms with van der Waals surface area (Å²) in [6.45, 7) is 18.2. The van der Waals surface area contributed by atoms with Crippen LogP contribution in [0, 0.1) is 27.7 Å². The van der Waals surface area contributed by atoms with Gasteiger partial charge in [0.2, 0.25) is 0 Å². The highest BCUT2D eigenvalue weighted by Crippen LogP contribution is 2.41. The number of ether oxygens (including phenoxy) is 1. The summed E-state index contributed by atoms with van der Waals surface area (Å²) in [4.78, 5) is 16.9. The van der Waals surface area contributed by atoms with Gasteiger partial charge in [0.25, 0.3) is 0 Å². The fraction of sp³-hybridized carbons (Fsp3) is 0.170. The highest BCUT2D eigenvalue weighted by molar-refractivity contribution is 5.89. The van der Waals surface area contributed by atoms with Crippen molar-refractivity contribution in [2.75, 3.05) is 9.80 Å². The third-order valence-electron chi connectivity index (χ3n) is 9.55. The molecule has 0 amide bonds. The van der Waals surface area contributed by atoms with Crippen LogP contribution in [-0.2, 0) is 10.2 Å². The lowest BCUT2D eigenvalue weighted by Gasteiger charge is -2.30. The summed E-state index contributed by atoms with van der Waals surface area (Å²) in [5.74, 6) is 0.0805.